The molecular weight excluding hydrogens is 368 g/mol. The number of methoxy groups -OCH3 is 1. The second-order valence-electron chi connectivity index (χ2n) is 5.75. The van der Waals surface area contributed by atoms with Gasteiger partial charge in [0.2, 0.25) is 10.0 Å². The van der Waals surface area contributed by atoms with Gasteiger partial charge in [-0.15, -0.1) is 11.3 Å². The van der Waals surface area contributed by atoms with Crippen molar-refractivity contribution in [3.05, 3.63) is 64.5 Å². The maximum atomic E-state index is 12.8. The number of aromatic nitrogens is 1. The van der Waals surface area contributed by atoms with Gasteiger partial charge in [0, 0.05) is 17.5 Å². The van der Waals surface area contributed by atoms with Crippen LogP contribution in [0.3, 0.4) is 0 Å². The van der Waals surface area contributed by atoms with Gasteiger partial charge < -0.3 is 4.74 Å². The summed E-state index contributed by atoms with van der Waals surface area (Å²) in [6.45, 7) is 2.23. The summed E-state index contributed by atoms with van der Waals surface area (Å²) in [4.78, 5) is 4.55. The Labute approximate surface area is 157 Å². The zero-order valence-electron chi connectivity index (χ0n) is 14.6. The van der Waals surface area contributed by atoms with Crippen molar-refractivity contribution in [2.24, 2.45) is 0 Å². The normalized spacial score (nSPS) is 11.5. The van der Waals surface area contributed by atoms with Crippen LogP contribution in [0.25, 0.3) is 11.3 Å². The molecule has 0 saturated carbocycles. The van der Waals surface area contributed by atoms with Gasteiger partial charge in [-0.25, -0.2) is 18.1 Å². The van der Waals surface area contributed by atoms with Crippen LogP contribution >= 0.6 is 11.3 Å². The lowest BCUT2D eigenvalue weighted by Gasteiger charge is -2.12. The van der Waals surface area contributed by atoms with E-state index in [1.165, 1.54) is 18.4 Å². The van der Waals surface area contributed by atoms with E-state index in [0.29, 0.717) is 18.7 Å². The van der Waals surface area contributed by atoms with Crippen LogP contribution in [0, 0.1) is 6.92 Å². The summed E-state index contributed by atoms with van der Waals surface area (Å²) in [5.41, 5.74) is 2.59. The van der Waals surface area contributed by atoms with E-state index in [9.17, 15) is 8.42 Å². The number of aryl methyl sites for hydroxylation is 1. The smallest absolute Gasteiger partial charge is 0.244 e. The molecule has 5 nitrogen and oxygen atoms in total. The molecule has 0 spiro atoms. The van der Waals surface area contributed by atoms with E-state index in [-0.39, 0.29) is 4.90 Å². The maximum absolute atomic E-state index is 12.8. The number of hydrogen-bond acceptors (Lipinski definition) is 5. The number of sulfonamides is 1. The van der Waals surface area contributed by atoms with Crippen molar-refractivity contribution < 1.29 is 13.2 Å². The van der Waals surface area contributed by atoms with Gasteiger partial charge in [0.1, 0.15) is 10.6 Å². The van der Waals surface area contributed by atoms with Crippen molar-refractivity contribution in [1.29, 1.82) is 0 Å². The predicted molar refractivity (Wildman–Crippen MR) is 104 cm³/mol. The van der Waals surface area contributed by atoms with Crippen LogP contribution in [0.1, 0.15) is 10.6 Å². The molecule has 3 rings (SSSR count). The van der Waals surface area contributed by atoms with Crippen molar-refractivity contribution in [1.82, 2.24) is 9.71 Å². The maximum Gasteiger partial charge on any atom is 0.244 e. The SMILES string of the molecule is COc1ccc(-c2csc(C)n2)cc1S(=O)(=O)NCCc1ccccc1. The van der Waals surface area contributed by atoms with Crippen LogP contribution in [0.5, 0.6) is 5.75 Å². The lowest BCUT2D eigenvalue weighted by molar-refractivity contribution is 0.402. The molecule has 0 fully saturated rings. The highest BCUT2D eigenvalue weighted by molar-refractivity contribution is 7.89. The van der Waals surface area contributed by atoms with E-state index < -0.39 is 10.0 Å². The second kappa shape index (κ2) is 7.99. The minimum absolute atomic E-state index is 0.121. The van der Waals surface area contributed by atoms with Crippen LogP contribution in [-0.4, -0.2) is 27.1 Å². The van der Waals surface area contributed by atoms with E-state index in [1.54, 1.807) is 12.1 Å². The Hall–Kier alpha value is -2.22. The molecular formula is C19H20N2O3S2. The largest absolute Gasteiger partial charge is 0.495 e. The number of rotatable bonds is 7. The second-order valence-corrected chi connectivity index (χ2v) is 8.55. The highest BCUT2D eigenvalue weighted by Gasteiger charge is 2.20. The molecule has 7 heteroatoms. The van der Waals surface area contributed by atoms with Gasteiger partial charge in [0.15, 0.2) is 0 Å². The van der Waals surface area contributed by atoms with Crippen molar-refractivity contribution in [2.75, 3.05) is 13.7 Å². The summed E-state index contributed by atoms with van der Waals surface area (Å²) >= 11 is 1.53. The van der Waals surface area contributed by atoms with Gasteiger partial charge in [-0.05, 0) is 37.1 Å². The molecule has 0 unspecified atom stereocenters. The Morgan fingerprint density at radius 1 is 1.15 bits per heavy atom. The molecule has 136 valence electrons. The Bertz CT molecular complexity index is 983. The molecule has 2 aromatic carbocycles. The molecule has 0 amide bonds. The highest BCUT2D eigenvalue weighted by Crippen LogP contribution is 2.30. The first kappa shape index (κ1) is 18.6. The average molecular weight is 389 g/mol. The van der Waals surface area contributed by atoms with Crippen molar-refractivity contribution in [3.63, 3.8) is 0 Å². The first-order chi connectivity index (χ1) is 12.5. The number of nitrogens with zero attached hydrogens (tertiary/aromatic N) is 1. The molecule has 1 aromatic heterocycles. The molecule has 0 atom stereocenters. The lowest BCUT2D eigenvalue weighted by Crippen LogP contribution is -2.26. The summed E-state index contributed by atoms with van der Waals surface area (Å²) in [7, 11) is -2.23. The standard InChI is InChI=1S/C19H20N2O3S2/c1-14-21-17(13-25-14)16-8-9-18(24-2)19(12-16)26(22,23)20-11-10-15-6-4-3-5-7-15/h3-9,12-13,20H,10-11H2,1-2H3. The zero-order valence-corrected chi connectivity index (χ0v) is 16.2. The molecule has 0 aliphatic heterocycles. The number of benzene rings is 2. The van der Waals surface area contributed by atoms with E-state index >= 15 is 0 Å². The summed E-state index contributed by atoms with van der Waals surface area (Å²) in [5.74, 6) is 0.313. The van der Waals surface area contributed by atoms with E-state index in [4.69, 9.17) is 4.74 Å². The van der Waals surface area contributed by atoms with E-state index in [2.05, 4.69) is 9.71 Å². The van der Waals surface area contributed by atoms with Crippen molar-refractivity contribution >= 4 is 21.4 Å². The number of thiazole rings is 1. The van der Waals surface area contributed by atoms with Gasteiger partial charge in [-0.3, -0.25) is 0 Å². The van der Waals surface area contributed by atoms with Gasteiger partial charge in [-0.1, -0.05) is 30.3 Å². The number of ether oxygens (including phenoxy) is 1. The van der Waals surface area contributed by atoms with Crippen LogP contribution in [0.2, 0.25) is 0 Å². The van der Waals surface area contributed by atoms with Gasteiger partial charge >= 0.3 is 0 Å². The molecule has 1 N–H and O–H groups in total. The third kappa shape index (κ3) is 4.30. The van der Waals surface area contributed by atoms with Crippen LogP contribution in [0.4, 0.5) is 0 Å². The topological polar surface area (TPSA) is 68.3 Å². The first-order valence-electron chi connectivity index (χ1n) is 8.14. The van der Waals surface area contributed by atoms with Crippen LogP contribution in [0.15, 0.2) is 58.8 Å². The fraction of sp³-hybridized carbons (Fsp3) is 0.211. The lowest BCUT2D eigenvalue weighted by atomic mass is 10.2. The predicted octanol–water partition coefficient (Wildman–Crippen LogP) is 3.65. The summed E-state index contributed by atoms with van der Waals surface area (Å²) < 4.78 is 33.5. The molecule has 0 radical (unpaired) electrons. The third-order valence-electron chi connectivity index (χ3n) is 3.92. The molecule has 0 saturated heterocycles. The molecule has 3 aromatic rings. The Morgan fingerprint density at radius 2 is 1.92 bits per heavy atom. The van der Waals surface area contributed by atoms with Gasteiger partial charge in [0.05, 0.1) is 17.8 Å². The quantitative estimate of drug-likeness (QED) is 0.671. The number of hydrogen-bond donors (Lipinski definition) is 1. The summed E-state index contributed by atoms with van der Waals surface area (Å²) in [6, 6.07) is 14.8. The Balaban J connectivity index is 1.83. The molecule has 0 aliphatic carbocycles. The first-order valence-corrected chi connectivity index (χ1v) is 10.5. The monoisotopic (exact) mass is 388 g/mol. The van der Waals surface area contributed by atoms with Crippen molar-refractivity contribution in [3.8, 4) is 17.0 Å². The van der Waals surface area contributed by atoms with Crippen LogP contribution < -0.4 is 9.46 Å². The Morgan fingerprint density at radius 3 is 2.58 bits per heavy atom. The van der Waals surface area contributed by atoms with E-state index in [1.807, 2.05) is 48.7 Å². The molecule has 0 aliphatic rings. The fourth-order valence-corrected chi connectivity index (χ4v) is 4.44. The average Bonchev–Trinajstić information content (AvgIpc) is 3.08. The van der Waals surface area contributed by atoms with Gasteiger partial charge in [0.25, 0.3) is 0 Å². The van der Waals surface area contributed by atoms with Crippen molar-refractivity contribution in [2.45, 2.75) is 18.2 Å². The summed E-state index contributed by atoms with van der Waals surface area (Å²) in [6.07, 6.45) is 0.618. The minimum atomic E-state index is -3.70. The minimum Gasteiger partial charge on any atom is -0.495 e. The molecule has 26 heavy (non-hydrogen) atoms. The van der Waals surface area contributed by atoms with E-state index in [0.717, 1.165) is 21.8 Å². The highest BCUT2D eigenvalue weighted by atomic mass is 32.2. The Kier molecular flexibility index (Phi) is 5.70. The zero-order chi connectivity index (χ0) is 18.6. The summed E-state index contributed by atoms with van der Waals surface area (Å²) in [5, 5.41) is 2.84. The molecule has 0 bridgehead atoms. The van der Waals surface area contributed by atoms with Gasteiger partial charge in [-0.2, -0.15) is 0 Å². The third-order valence-corrected chi connectivity index (χ3v) is 6.17. The van der Waals surface area contributed by atoms with Crippen LogP contribution in [-0.2, 0) is 16.4 Å². The fourth-order valence-electron chi connectivity index (χ4n) is 2.59. The molecule has 1 heterocycles. The number of nitrogens with one attached hydrogen (secondary N) is 1.